The number of nitrogens with one attached hydrogen (secondary N) is 1. The van der Waals surface area contributed by atoms with Gasteiger partial charge in [0.1, 0.15) is 18.9 Å². The summed E-state index contributed by atoms with van der Waals surface area (Å²) in [5.41, 5.74) is 3.18. The van der Waals surface area contributed by atoms with Gasteiger partial charge in [-0.05, 0) is 69.7 Å². The van der Waals surface area contributed by atoms with Crippen LogP contribution in [-0.2, 0) is 14.8 Å². The number of rotatable bonds is 9. The molecule has 1 atom stereocenters. The Balaban J connectivity index is 1.77. The fourth-order valence-corrected chi connectivity index (χ4v) is 4.83. The van der Waals surface area contributed by atoms with Gasteiger partial charge >= 0.3 is 0 Å². The molecular formula is C26H29ClN2O4S. The molecule has 0 heterocycles. The Kier molecular flexibility index (Phi) is 8.23. The second-order valence-corrected chi connectivity index (χ2v) is 10.6. The van der Waals surface area contributed by atoms with Crippen LogP contribution >= 0.6 is 11.6 Å². The average Bonchev–Trinajstić information content (AvgIpc) is 2.79. The van der Waals surface area contributed by atoms with Gasteiger partial charge in [-0.3, -0.25) is 9.10 Å². The summed E-state index contributed by atoms with van der Waals surface area (Å²) in [5.74, 6) is 0.247. The third kappa shape index (κ3) is 6.52. The van der Waals surface area contributed by atoms with E-state index in [1.54, 1.807) is 37.3 Å². The molecule has 0 aliphatic rings. The van der Waals surface area contributed by atoms with E-state index in [1.165, 1.54) is 12.1 Å². The van der Waals surface area contributed by atoms with Crippen LogP contribution in [0.2, 0.25) is 5.02 Å². The lowest BCUT2D eigenvalue weighted by atomic mass is 10.2. The number of anilines is 1. The summed E-state index contributed by atoms with van der Waals surface area (Å²) >= 11 is 6.27. The molecule has 1 unspecified atom stereocenters. The van der Waals surface area contributed by atoms with Crippen molar-refractivity contribution in [3.63, 3.8) is 0 Å². The molecule has 180 valence electrons. The number of ether oxygens (including phenoxy) is 1. The van der Waals surface area contributed by atoms with Gasteiger partial charge in [-0.15, -0.1) is 0 Å². The van der Waals surface area contributed by atoms with Crippen LogP contribution in [0.15, 0.2) is 71.6 Å². The van der Waals surface area contributed by atoms with Crippen LogP contribution in [0.4, 0.5) is 5.69 Å². The van der Waals surface area contributed by atoms with Crippen molar-refractivity contribution in [3.05, 3.63) is 88.4 Å². The summed E-state index contributed by atoms with van der Waals surface area (Å²) in [6, 6.07) is 18.7. The number of amides is 1. The molecule has 3 rings (SSSR count). The number of hydrogen-bond acceptors (Lipinski definition) is 4. The van der Waals surface area contributed by atoms with E-state index in [0.29, 0.717) is 16.5 Å². The van der Waals surface area contributed by atoms with Gasteiger partial charge in [-0.25, -0.2) is 8.42 Å². The van der Waals surface area contributed by atoms with Crippen molar-refractivity contribution in [1.29, 1.82) is 0 Å². The molecule has 6 nitrogen and oxygen atoms in total. The molecule has 0 saturated heterocycles. The lowest BCUT2D eigenvalue weighted by Gasteiger charge is -2.25. The predicted octanol–water partition coefficient (Wildman–Crippen LogP) is 5.04. The monoisotopic (exact) mass is 500 g/mol. The lowest BCUT2D eigenvalue weighted by molar-refractivity contribution is -0.120. The molecule has 0 aliphatic heterocycles. The highest BCUT2D eigenvalue weighted by molar-refractivity contribution is 7.92. The number of hydrogen-bond donors (Lipinski definition) is 1. The Bertz CT molecular complexity index is 1240. The highest BCUT2D eigenvalue weighted by atomic mass is 35.5. The molecule has 0 aromatic heterocycles. The number of sulfonamides is 1. The first-order chi connectivity index (χ1) is 16.1. The number of halogens is 1. The number of nitrogens with zero attached hydrogens (tertiary/aromatic N) is 1. The summed E-state index contributed by atoms with van der Waals surface area (Å²) in [7, 11) is -4.01. The molecule has 3 aromatic carbocycles. The zero-order valence-electron chi connectivity index (χ0n) is 19.7. The van der Waals surface area contributed by atoms with Crippen molar-refractivity contribution in [2.75, 3.05) is 17.5 Å². The minimum Gasteiger partial charge on any atom is -0.491 e. The average molecular weight is 501 g/mol. The predicted molar refractivity (Wildman–Crippen MR) is 136 cm³/mol. The van der Waals surface area contributed by atoms with E-state index < -0.39 is 22.5 Å². The van der Waals surface area contributed by atoms with Crippen molar-refractivity contribution in [1.82, 2.24) is 5.32 Å². The van der Waals surface area contributed by atoms with Crippen molar-refractivity contribution in [2.24, 2.45) is 0 Å². The molecule has 1 amide bonds. The van der Waals surface area contributed by atoms with Crippen LogP contribution < -0.4 is 14.4 Å². The Morgan fingerprint density at radius 2 is 1.56 bits per heavy atom. The molecular weight excluding hydrogens is 472 g/mol. The molecule has 34 heavy (non-hydrogen) atoms. The number of aryl methyl sites for hydroxylation is 3. The van der Waals surface area contributed by atoms with Gasteiger partial charge in [0.2, 0.25) is 5.91 Å². The fourth-order valence-electron chi connectivity index (χ4n) is 3.24. The topological polar surface area (TPSA) is 75.7 Å². The first kappa shape index (κ1) is 25.6. The van der Waals surface area contributed by atoms with Gasteiger partial charge in [0.25, 0.3) is 10.0 Å². The molecule has 0 radical (unpaired) electrons. The Labute approximate surface area is 206 Å². The van der Waals surface area contributed by atoms with E-state index in [0.717, 1.165) is 21.0 Å². The van der Waals surface area contributed by atoms with E-state index in [1.807, 2.05) is 45.0 Å². The minimum atomic E-state index is -4.01. The van der Waals surface area contributed by atoms with Crippen LogP contribution in [0.3, 0.4) is 0 Å². The molecule has 8 heteroatoms. The number of carbonyl (C=O) groups is 1. The number of carbonyl (C=O) groups excluding carboxylic acids is 1. The van der Waals surface area contributed by atoms with Crippen molar-refractivity contribution in [2.45, 2.75) is 38.6 Å². The smallest absolute Gasteiger partial charge is 0.264 e. The van der Waals surface area contributed by atoms with E-state index in [4.69, 9.17) is 16.3 Å². The summed E-state index contributed by atoms with van der Waals surface area (Å²) in [6.45, 7) is 7.34. The molecule has 3 aromatic rings. The van der Waals surface area contributed by atoms with E-state index in [-0.39, 0.29) is 17.5 Å². The second kappa shape index (κ2) is 10.9. The Hall–Kier alpha value is -3.03. The van der Waals surface area contributed by atoms with Crippen LogP contribution in [-0.4, -0.2) is 33.5 Å². The standard InChI is InChI=1S/C26H29ClN2O4S/c1-18-5-11-23(12-6-18)33-17-21(4)28-26(30)16-29(22-10-9-20(3)25(27)15-22)34(31,32)24-13-7-19(2)8-14-24/h5-15,21H,16-17H2,1-4H3,(H,28,30). The van der Waals surface area contributed by atoms with Gasteiger partial charge < -0.3 is 10.1 Å². The summed E-state index contributed by atoms with van der Waals surface area (Å²) < 4.78 is 33.8. The SMILES string of the molecule is Cc1ccc(OCC(C)NC(=O)CN(c2ccc(C)c(Cl)c2)S(=O)(=O)c2ccc(C)cc2)cc1. The molecule has 0 aliphatic carbocycles. The van der Waals surface area contributed by atoms with Crippen molar-refractivity contribution >= 4 is 33.2 Å². The van der Waals surface area contributed by atoms with Gasteiger partial charge in [-0.2, -0.15) is 0 Å². The summed E-state index contributed by atoms with van der Waals surface area (Å²) in [4.78, 5) is 13.0. The van der Waals surface area contributed by atoms with Crippen LogP contribution in [0.1, 0.15) is 23.6 Å². The normalized spacial score (nSPS) is 12.1. The first-order valence-corrected chi connectivity index (χ1v) is 12.7. The molecule has 0 spiro atoms. The second-order valence-electron chi connectivity index (χ2n) is 8.35. The highest BCUT2D eigenvalue weighted by Gasteiger charge is 2.28. The van der Waals surface area contributed by atoms with E-state index in [9.17, 15) is 13.2 Å². The third-order valence-electron chi connectivity index (χ3n) is 5.27. The van der Waals surface area contributed by atoms with Crippen molar-refractivity contribution in [3.8, 4) is 5.75 Å². The molecule has 0 bridgehead atoms. The maximum atomic E-state index is 13.5. The van der Waals surface area contributed by atoms with Gasteiger partial charge in [0.05, 0.1) is 16.6 Å². The van der Waals surface area contributed by atoms with Crippen LogP contribution in [0, 0.1) is 20.8 Å². The Morgan fingerprint density at radius 3 is 2.15 bits per heavy atom. The van der Waals surface area contributed by atoms with Gasteiger partial charge in [0, 0.05) is 5.02 Å². The molecule has 1 N–H and O–H groups in total. The highest BCUT2D eigenvalue weighted by Crippen LogP contribution is 2.28. The minimum absolute atomic E-state index is 0.0957. The van der Waals surface area contributed by atoms with E-state index in [2.05, 4.69) is 5.32 Å². The molecule has 0 fully saturated rings. The van der Waals surface area contributed by atoms with E-state index >= 15 is 0 Å². The zero-order valence-corrected chi connectivity index (χ0v) is 21.3. The maximum Gasteiger partial charge on any atom is 0.264 e. The van der Waals surface area contributed by atoms with Crippen LogP contribution in [0.25, 0.3) is 0 Å². The molecule has 0 saturated carbocycles. The quantitative estimate of drug-likeness (QED) is 0.446. The maximum absolute atomic E-state index is 13.5. The van der Waals surface area contributed by atoms with Crippen molar-refractivity contribution < 1.29 is 17.9 Å². The fraction of sp³-hybridized carbons (Fsp3) is 0.269. The zero-order chi connectivity index (χ0) is 24.9. The number of benzene rings is 3. The van der Waals surface area contributed by atoms with Gasteiger partial charge in [0.15, 0.2) is 0 Å². The van der Waals surface area contributed by atoms with Crippen LogP contribution in [0.5, 0.6) is 5.75 Å². The lowest BCUT2D eigenvalue weighted by Crippen LogP contribution is -2.45. The van der Waals surface area contributed by atoms with Gasteiger partial charge in [-0.1, -0.05) is 53.1 Å². The largest absolute Gasteiger partial charge is 0.491 e. The summed E-state index contributed by atoms with van der Waals surface area (Å²) in [5, 5.41) is 3.24. The third-order valence-corrected chi connectivity index (χ3v) is 7.46. The summed E-state index contributed by atoms with van der Waals surface area (Å²) in [6.07, 6.45) is 0. The Morgan fingerprint density at radius 1 is 0.971 bits per heavy atom. The first-order valence-electron chi connectivity index (χ1n) is 10.9.